The van der Waals surface area contributed by atoms with Gasteiger partial charge in [0, 0.05) is 33.3 Å². The van der Waals surface area contributed by atoms with E-state index in [0.29, 0.717) is 5.58 Å². The van der Waals surface area contributed by atoms with Gasteiger partial charge in [-0.3, -0.25) is 0 Å². The zero-order chi connectivity index (χ0) is 21.9. The van der Waals surface area contributed by atoms with Crippen molar-refractivity contribution in [3.63, 3.8) is 0 Å². The number of hydrogen-bond donors (Lipinski definition) is 0. The Labute approximate surface area is 189 Å². The molecule has 0 saturated carbocycles. The van der Waals surface area contributed by atoms with Gasteiger partial charge in [0.15, 0.2) is 0 Å². The lowest BCUT2D eigenvalue weighted by atomic mass is 10.0. The molecule has 0 spiro atoms. The largest absolute Gasteiger partial charge is 0.456 e. The number of hydrogen-bond acceptors (Lipinski definition) is 1. The first-order valence-corrected chi connectivity index (χ1v) is 11.0. The zero-order valence-electron chi connectivity index (χ0n) is 17.6. The van der Waals surface area contributed by atoms with Crippen LogP contribution < -0.4 is 0 Å². The summed E-state index contributed by atoms with van der Waals surface area (Å²) in [7, 11) is 0. The second-order valence-corrected chi connectivity index (χ2v) is 8.37. The van der Waals surface area contributed by atoms with Gasteiger partial charge in [-0.1, -0.05) is 48.5 Å². The molecule has 156 valence electrons. The van der Waals surface area contributed by atoms with Crippen molar-refractivity contribution < 1.29 is 8.81 Å². The van der Waals surface area contributed by atoms with Crippen molar-refractivity contribution in [2.75, 3.05) is 0 Å². The Balaban J connectivity index is 1.47. The van der Waals surface area contributed by atoms with Crippen LogP contribution in [0.2, 0.25) is 0 Å². The van der Waals surface area contributed by atoms with Crippen LogP contribution in [0.25, 0.3) is 60.6 Å². The van der Waals surface area contributed by atoms with E-state index in [9.17, 15) is 4.39 Å². The Bertz CT molecular complexity index is 1830. The van der Waals surface area contributed by atoms with E-state index in [1.165, 1.54) is 33.9 Å². The first-order chi connectivity index (χ1) is 16.3. The predicted octanol–water partition coefficient (Wildman–Crippen LogP) is 8.49. The van der Waals surface area contributed by atoms with E-state index >= 15 is 0 Å². The monoisotopic (exact) mass is 427 g/mol. The molecule has 0 saturated heterocycles. The lowest BCUT2D eigenvalue weighted by Crippen LogP contribution is -1.92. The number of halogens is 1. The highest BCUT2D eigenvalue weighted by Crippen LogP contribution is 2.37. The molecule has 0 aliphatic heterocycles. The van der Waals surface area contributed by atoms with Crippen molar-refractivity contribution in [1.82, 2.24) is 4.57 Å². The molecule has 0 N–H and O–H groups in total. The van der Waals surface area contributed by atoms with E-state index in [2.05, 4.69) is 83.4 Å². The summed E-state index contributed by atoms with van der Waals surface area (Å²) in [5, 5.41) is 4.36. The molecule has 33 heavy (non-hydrogen) atoms. The van der Waals surface area contributed by atoms with Crippen LogP contribution in [0.4, 0.5) is 4.39 Å². The fourth-order valence-corrected chi connectivity index (χ4v) is 4.94. The van der Waals surface area contributed by atoms with Crippen molar-refractivity contribution in [3.05, 3.63) is 115 Å². The number of para-hydroxylation sites is 2. The maximum absolute atomic E-state index is 13.6. The van der Waals surface area contributed by atoms with Gasteiger partial charge in [0.1, 0.15) is 17.0 Å². The van der Waals surface area contributed by atoms with Gasteiger partial charge >= 0.3 is 0 Å². The first kappa shape index (κ1) is 18.2. The van der Waals surface area contributed by atoms with Crippen LogP contribution in [0.3, 0.4) is 0 Å². The highest BCUT2D eigenvalue weighted by atomic mass is 19.1. The van der Waals surface area contributed by atoms with Gasteiger partial charge in [0.25, 0.3) is 0 Å². The van der Waals surface area contributed by atoms with Crippen LogP contribution in [0.5, 0.6) is 0 Å². The molecule has 0 radical (unpaired) electrons. The highest BCUT2D eigenvalue weighted by molar-refractivity contribution is 6.11. The molecule has 0 fully saturated rings. The molecule has 0 aliphatic rings. The number of rotatable bonds is 2. The third kappa shape index (κ3) is 2.72. The van der Waals surface area contributed by atoms with E-state index in [1.807, 2.05) is 12.1 Å². The second kappa shape index (κ2) is 6.81. The molecular weight excluding hydrogens is 409 g/mol. The second-order valence-electron chi connectivity index (χ2n) is 8.37. The number of furan rings is 1. The van der Waals surface area contributed by atoms with Crippen molar-refractivity contribution in [1.29, 1.82) is 0 Å². The average molecular weight is 427 g/mol. The summed E-state index contributed by atoms with van der Waals surface area (Å²) in [5.74, 6) is -0.290. The van der Waals surface area contributed by atoms with Gasteiger partial charge in [-0.15, -0.1) is 0 Å². The minimum atomic E-state index is -0.290. The molecule has 0 unspecified atom stereocenters. The summed E-state index contributed by atoms with van der Waals surface area (Å²) in [6.45, 7) is 0. The third-order valence-electron chi connectivity index (χ3n) is 6.45. The molecule has 7 rings (SSSR count). The lowest BCUT2D eigenvalue weighted by Gasteiger charge is -2.08. The molecule has 0 amide bonds. The van der Waals surface area contributed by atoms with Crippen LogP contribution in [-0.4, -0.2) is 4.57 Å². The summed E-state index contributed by atoms with van der Waals surface area (Å²) in [4.78, 5) is 0. The summed E-state index contributed by atoms with van der Waals surface area (Å²) >= 11 is 0. The Morgan fingerprint density at radius 3 is 2.12 bits per heavy atom. The number of fused-ring (bicyclic) bond motifs is 6. The van der Waals surface area contributed by atoms with E-state index in [0.717, 1.165) is 33.2 Å². The van der Waals surface area contributed by atoms with E-state index in [4.69, 9.17) is 4.42 Å². The molecular formula is C30H18FNO. The molecule has 0 atom stereocenters. The molecule has 2 heterocycles. The summed E-state index contributed by atoms with van der Waals surface area (Å²) in [6, 6.07) is 36.5. The summed E-state index contributed by atoms with van der Waals surface area (Å²) in [6.07, 6.45) is 0. The van der Waals surface area contributed by atoms with Crippen LogP contribution in [0.1, 0.15) is 0 Å². The molecule has 2 aromatic heterocycles. The Kier molecular flexibility index (Phi) is 3.76. The summed E-state index contributed by atoms with van der Waals surface area (Å²) in [5.41, 5.74) is 7.09. The van der Waals surface area contributed by atoms with E-state index in [-0.39, 0.29) is 5.82 Å². The van der Waals surface area contributed by atoms with Gasteiger partial charge in [-0.2, -0.15) is 0 Å². The smallest absolute Gasteiger partial charge is 0.138 e. The lowest BCUT2D eigenvalue weighted by molar-refractivity contribution is 0.618. The highest BCUT2D eigenvalue weighted by Gasteiger charge is 2.14. The topological polar surface area (TPSA) is 18.1 Å². The number of aromatic nitrogens is 1. The van der Waals surface area contributed by atoms with Gasteiger partial charge in [-0.05, 0) is 65.7 Å². The van der Waals surface area contributed by atoms with Gasteiger partial charge in [-0.25, -0.2) is 4.39 Å². The Morgan fingerprint density at radius 2 is 1.24 bits per heavy atom. The van der Waals surface area contributed by atoms with E-state index < -0.39 is 0 Å². The maximum Gasteiger partial charge on any atom is 0.138 e. The summed E-state index contributed by atoms with van der Waals surface area (Å²) < 4.78 is 21.8. The van der Waals surface area contributed by atoms with E-state index in [1.54, 1.807) is 6.07 Å². The third-order valence-corrected chi connectivity index (χ3v) is 6.45. The molecule has 5 aromatic carbocycles. The average Bonchev–Trinajstić information content (AvgIpc) is 3.38. The quantitative estimate of drug-likeness (QED) is 0.270. The van der Waals surface area contributed by atoms with Crippen LogP contribution >= 0.6 is 0 Å². The number of benzene rings is 5. The SMILES string of the molecule is Fc1ccc2c(c1)oc1ccc(-c3ccc4c(c3)c3ccccc3n4-c3ccccc3)cc12. The van der Waals surface area contributed by atoms with Crippen LogP contribution in [0, 0.1) is 5.82 Å². The Morgan fingerprint density at radius 1 is 0.515 bits per heavy atom. The number of nitrogens with zero attached hydrogens (tertiary/aromatic N) is 1. The van der Waals surface area contributed by atoms with Gasteiger partial charge < -0.3 is 8.98 Å². The van der Waals surface area contributed by atoms with Crippen molar-refractivity contribution >= 4 is 43.7 Å². The maximum atomic E-state index is 13.6. The van der Waals surface area contributed by atoms with Crippen molar-refractivity contribution in [2.45, 2.75) is 0 Å². The van der Waals surface area contributed by atoms with Crippen LogP contribution in [0.15, 0.2) is 114 Å². The predicted molar refractivity (Wildman–Crippen MR) is 133 cm³/mol. The molecule has 7 aromatic rings. The molecule has 0 aliphatic carbocycles. The van der Waals surface area contributed by atoms with Gasteiger partial charge in [0.05, 0.1) is 11.0 Å². The fraction of sp³-hybridized carbons (Fsp3) is 0. The zero-order valence-corrected chi connectivity index (χ0v) is 17.6. The fourth-order valence-electron chi connectivity index (χ4n) is 4.94. The Hall–Kier alpha value is -4.37. The first-order valence-electron chi connectivity index (χ1n) is 11.0. The molecule has 2 nitrogen and oxygen atoms in total. The minimum absolute atomic E-state index is 0.290. The van der Waals surface area contributed by atoms with Crippen LogP contribution in [-0.2, 0) is 0 Å². The standard InChI is InChI=1S/C30H18FNO/c31-21-12-13-24-26-17-20(11-15-29(26)33-30(24)18-21)19-10-14-28-25(16-19)23-8-4-5-9-27(23)32(28)22-6-2-1-3-7-22/h1-18H. The normalized spacial score (nSPS) is 11.8. The van der Waals surface area contributed by atoms with Crippen molar-refractivity contribution in [2.24, 2.45) is 0 Å². The van der Waals surface area contributed by atoms with Crippen molar-refractivity contribution in [3.8, 4) is 16.8 Å². The molecule has 3 heteroatoms. The minimum Gasteiger partial charge on any atom is -0.456 e. The van der Waals surface area contributed by atoms with Gasteiger partial charge in [0.2, 0.25) is 0 Å². The molecule has 0 bridgehead atoms.